The van der Waals surface area contributed by atoms with Gasteiger partial charge < -0.3 is 10.5 Å². The molecule has 1 aromatic carbocycles. The van der Waals surface area contributed by atoms with E-state index < -0.39 is 0 Å². The smallest absolute Gasteiger partial charge is 0.155 e. The highest BCUT2D eigenvalue weighted by atomic mass is 19.1. The van der Waals surface area contributed by atoms with Crippen LogP contribution < -0.4 is 10.5 Å². The molecule has 0 radical (unpaired) electrons. The summed E-state index contributed by atoms with van der Waals surface area (Å²) in [6.45, 7) is 3.87. The van der Waals surface area contributed by atoms with E-state index in [9.17, 15) is 4.39 Å². The van der Waals surface area contributed by atoms with Gasteiger partial charge in [0.2, 0.25) is 0 Å². The topological polar surface area (TPSA) is 48.1 Å². The van der Waals surface area contributed by atoms with Gasteiger partial charge in [0.1, 0.15) is 11.6 Å². The average Bonchev–Trinajstić information content (AvgIpc) is 2.48. The Kier molecular flexibility index (Phi) is 4.69. The Bertz CT molecular complexity index is 560. The van der Waals surface area contributed by atoms with Gasteiger partial charge in [-0.2, -0.15) is 0 Å². The fraction of sp³-hybridized carbons (Fsp3) is 0.312. The minimum absolute atomic E-state index is 0.201. The Labute approximate surface area is 118 Å². The molecular formula is C16H19FN2O. The van der Waals surface area contributed by atoms with Gasteiger partial charge in [0.15, 0.2) is 6.10 Å². The van der Waals surface area contributed by atoms with Crippen LogP contribution in [0.4, 0.5) is 4.39 Å². The molecule has 0 aliphatic rings. The summed E-state index contributed by atoms with van der Waals surface area (Å²) in [6.07, 6.45) is 2.06. The zero-order chi connectivity index (χ0) is 14.5. The molecule has 0 fully saturated rings. The Morgan fingerprint density at radius 2 is 2.10 bits per heavy atom. The SMILES string of the molecule is CCC(N)C(Oc1cc(F)ccc1C)c1ccccn1. The van der Waals surface area contributed by atoms with Crippen molar-refractivity contribution in [3.8, 4) is 5.75 Å². The molecule has 2 aromatic rings. The van der Waals surface area contributed by atoms with Gasteiger partial charge >= 0.3 is 0 Å². The van der Waals surface area contributed by atoms with E-state index >= 15 is 0 Å². The standard InChI is InChI=1S/C16H19FN2O/c1-3-13(18)16(14-6-4-5-9-19-14)20-15-10-12(17)8-7-11(15)2/h4-10,13,16H,3,18H2,1-2H3. The van der Waals surface area contributed by atoms with E-state index in [1.807, 2.05) is 32.0 Å². The maximum atomic E-state index is 13.4. The molecule has 3 nitrogen and oxygen atoms in total. The maximum Gasteiger partial charge on any atom is 0.155 e. The summed E-state index contributed by atoms with van der Waals surface area (Å²) in [5.41, 5.74) is 7.75. The van der Waals surface area contributed by atoms with E-state index in [-0.39, 0.29) is 18.0 Å². The molecule has 1 aromatic heterocycles. The van der Waals surface area contributed by atoms with Crippen molar-refractivity contribution in [1.82, 2.24) is 4.98 Å². The van der Waals surface area contributed by atoms with E-state index in [1.165, 1.54) is 12.1 Å². The van der Waals surface area contributed by atoms with Crippen molar-refractivity contribution in [2.75, 3.05) is 0 Å². The molecule has 2 unspecified atom stereocenters. The molecule has 2 atom stereocenters. The Hall–Kier alpha value is -1.94. The van der Waals surface area contributed by atoms with Crippen LogP contribution in [0.1, 0.15) is 30.7 Å². The van der Waals surface area contributed by atoms with Crippen molar-refractivity contribution in [1.29, 1.82) is 0 Å². The van der Waals surface area contributed by atoms with Gasteiger partial charge in [0.05, 0.1) is 5.69 Å². The maximum absolute atomic E-state index is 13.4. The van der Waals surface area contributed by atoms with Gasteiger partial charge in [0, 0.05) is 18.3 Å². The van der Waals surface area contributed by atoms with E-state index in [4.69, 9.17) is 10.5 Å². The lowest BCUT2D eigenvalue weighted by Crippen LogP contribution is -2.32. The first-order valence-corrected chi connectivity index (χ1v) is 6.71. The second-order valence-corrected chi connectivity index (χ2v) is 4.77. The van der Waals surface area contributed by atoms with E-state index in [0.717, 1.165) is 17.7 Å². The molecule has 0 amide bonds. The van der Waals surface area contributed by atoms with Gasteiger partial charge in [-0.05, 0) is 37.1 Å². The summed E-state index contributed by atoms with van der Waals surface area (Å²) in [7, 11) is 0. The molecule has 2 rings (SSSR count). The van der Waals surface area contributed by atoms with Gasteiger partial charge in [0.25, 0.3) is 0 Å². The molecule has 0 aliphatic carbocycles. The number of hydrogen-bond acceptors (Lipinski definition) is 3. The molecule has 1 heterocycles. The van der Waals surface area contributed by atoms with Crippen molar-refractivity contribution in [2.24, 2.45) is 5.73 Å². The summed E-state index contributed by atoms with van der Waals surface area (Å²) >= 11 is 0. The number of hydrogen-bond donors (Lipinski definition) is 1. The van der Waals surface area contributed by atoms with Crippen molar-refractivity contribution >= 4 is 0 Å². The highest BCUT2D eigenvalue weighted by Gasteiger charge is 2.22. The minimum Gasteiger partial charge on any atom is -0.482 e. The quantitative estimate of drug-likeness (QED) is 0.909. The average molecular weight is 274 g/mol. The van der Waals surface area contributed by atoms with E-state index in [2.05, 4.69) is 4.98 Å². The Morgan fingerprint density at radius 1 is 1.30 bits per heavy atom. The third-order valence-corrected chi connectivity index (χ3v) is 3.24. The summed E-state index contributed by atoms with van der Waals surface area (Å²) in [5, 5.41) is 0. The predicted octanol–water partition coefficient (Wildman–Crippen LogP) is 3.39. The number of pyridine rings is 1. The number of aryl methyl sites for hydroxylation is 1. The fourth-order valence-electron chi connectivity index (χ4n) is 1.96. The van der Waals surface area contributed by atoms with E-state index in [0.29, 0.717) is 5.75 Å². The summed E-state index contributed by atoms with van der Waals surface area (Å²) in [4.78, 5) is 4.30. The van der Waals surface area contributed by atoms with Crippen LogP contribution in [0.25, 0.3) is 0 Å². The third-order valence-electron chi connectivity index (χ3n) is 3.24. The molecule has 0 saturated carbocycles. The highest BCUT2D eigenvalue weighted by molar-refractivity contribution is 5.33. The van der Waals surface area contributed by atoms with E-state index in [1.54, 1.807) is 12.3 Å². The van der Waals surface area contributed by atoms with Gasteiger partial charge in [-0.15, -0.1) is 0 Å². The normalized spacial score (nSPS) is 13.8. The van der Waals surface area contributed by atoms with Crippen LogP contribution in [0.2, 0.25) is 0 Å². The number of benzene rings is 1. The first-order chi connectivity index (χ1) is 9.61. The van der Waals surface area contributed by atoms with Gasteiger partial charge in [-0.1, -0.05) is 19.1 Å². The largest absolute Gasteiger partial charge is 0.482 e. The zero-order valence-electron chi connectivity index (χ0n) is 11.7. The van der Waals surface area contributed by atoms with Crippen LogP contribution in [-0.4, -0.2) is 11.0 Å². The van der Waals surface area contributed by atoms with Crippen LogP contribution >= 0.6 is 0 Å². The van der Waals surface area contributed by atoms with Crippen molar-refractivity contribution < 1.29 is 9.13 Å². The molecule has 2 N–H and O–H groups in total. The van der Waals surface area contributed by atoms with Crippen LogP contribution in [0.5, 0.6) is 5.75 Å². The van der Waals surface area contributed by atoms with Crippen molar-refractivity contribution in [2.45, 2.75) is 32.4 Å². The lowest BCUT2D eigenvalue weighted by atomic mass is 10.1. The number of aromatic nitrogens is 1. The Morgan fingerprint density at radius 3 is 2.75 bits per heavy atom. The monoisotopic (exact) mass is 274 g/mol. The highest BCUT2D eigenvalue weighted by Crippen LogP contribution is 2.27. The second-order valence-electron chi connectivity index (χ2n) is 4.77. The number of ether oxygens (including phenoxy) is 1. The van der Waals surface area contributed by atoms with Gasteiger partial charge in [-0.3, -0.25) is 4.98 Å². The Balaban J connectivity index is 2.31. The summed E-state index contributed by atoms with van der Waals surface area (Å²) in [5.74, 6) is 0.181. The first kappa shape index (κ1) is 14.5. The zero-order valence-corrected chi connectivity index (χ0v) is 11.7. The lowest BCUT2D eigenvalue weighted by molar-refractivity contribution is 0.165. The second kappa shape index (κ2) is 6.48. The molecule has 0 aliphatic heterocycles. The van der Waals surface area contributed by atoms with Crippen molar-refractivity contribution in [3.05, 3.63) is 59.7 Å². The number of halogens is 1. The third kappa shape index (κ3) is 3.33. The van der Waals surface area contributed by atoms with Gasteiger partial charge in [-0.25, -0.2) is 4.39 Å². The molecular weight excluding hydrogens is 255 g/mol. The molecule has 0 spiro atoms. The minimum atomic E-state index is -0.387. The molecule has 106 valence electrons. The molecule has 0 bridgehead atoms. The summed E-state index contributed by atoms with van der Waals surface area (Å²) in [6, 6.07) is 9.88. The van der Waals surface area contributed by atoms with Crippen LogP contribution in [0, 0.1) is 12.7 Å². The number of rotatable bonds is 5. The lowest BCUT2D eigenvalue weighted by Gasteiger charge is -2.24. The van der Waals surface area contributed by atoms with Crippen molar-refractivity contribution in [3.63, 3.8) is 0 Å². The molecule has 0 saturated heterocycles. The number of nitrogens with two attached hydrogens (primary N) is 1. The van der Waals surface area contributed by atoms with Crippen LogP contribution in [0.15, 0.2) is 42.6 Å². The summed E-state index contributed by atoms with van der Waals surface area (Å²) < 4.78 is 19.3. The fourth-order valence-corrected chi connectivity index (χ4v) is 1.96. The predicted molar refractivity (Wildman–Crippen MR) is 77.0 cm³/mol. The first-order valence-electron chi connectivity index (χ1n) is 6.71. The molecule has 20 heavy (non-hydrogen) atoms. The van der Waals surface area contributed by atoms with Crippen LogP contribution in [-0.2, 0) is 0 Å². The van der Waals surface area contributed by atoms with Crippen LogP contribution in [0.3, 0.4) is 0 Å². The molecule has 4 heteroatoms. The number of nitrogens with zero attached hydrogens (tertiary/aromatic N) is 1.